The molecule has 8 nitrogen and oxygen atoms in total. The zero-order chi connectivity index (χ0) is 25.3. The van der Waals surface area contributed by atoms with Gasteiger partial charge in [-0.25, -0.2) is 4.79 Å². The van der Waals surface area contributed by atoms with E-state index in [2.05, 4.69) is 10.1 Å². The summed E-state index contributed by atoms with van der Waals surface area (Å²) < 4.78 is 5.43. The number of fused-ring (bicyclic) bond motifs is 1. The third-order valence-electron chi connectivity index (χ3n) is 6.69. The molecule has 2 N–H and O–H groups in total. The fourth-order valence-electron chi connectivity index (χ4n) is 4.94. The van der Waals surface area contributed by atoms with Gasteiger partial charge in [-0.3, -0.25) is 14.6 Å². The Hall–Kier alpha value is -3.55. The molecule has 1 saturated carbocycles. The van der Waals surface area contributed by atoms with Crippen molar-refractivity contribution in [3.63, 3.8) is 0 Å². The summed E-state index contributed by atoms with van der Waals surface area (Å²) in [5.74, 6) is -1.18. The van der Waals surface area contributed by atoms with Gasteiger partial charge in [0.05, 0.1) is 22.5 Å². The molecule has 0 bridgehead atoms. The number of hydrogen-bond donors (Lipinski definition) is 2. The molecule has 1 heterocycles. The van der Waals surface area contributed by atoms with Gasteiger partial charge in [0, 0.05) is 32.1 Å². The van der Waals surface area contributed by atoms with Crippen LogP contribution in [0.5, 0.6) is 0 Å². The molecule has 8 heteroatoms. The molecule has 1 aromatic heterocycles. The van der Waals surface area contributed by atoms with Crippen LogP contribution < -0.4 is 0 Å². The van der Waals surface area contributed by atoms with Gasteiger partial charge >= 0.3 is 5.97 Å². The first-order chi connectivity index (χ1) is 16.6. The van der Waals surface area contributed by atoms with Gasteiger partial charge < -0.3 is 14.7 Å². The topological polar surface area (TPSA) is 130 Å². The normalized spacial score (nSPS) is 23.2. The van der Waals surface area contributed by atoms with E-state index < -0.39 is 12.0 Å². The van der Waals surface area contributed by atoms with E-state index >= 15 is 0 Å². The second-order valence-electron chi connectivity index (χ2n) is 10.2. The predicted octanol–water partition coefficient (Wildman–Crippen LogP) is 4.64. The van der Waals surface area contributed by atoms with Crippen molar-refractivity contribution in [2.75, 3.05) is 0 Å². The number of carboxylic acid groups (broad SMARTS) is 1. The van der Waals surface area contributed by atoms with Crippen LogP contribution in [-0.4, -0.2) is 44.7 Å². The highest BCUT2D eigenvalue weighted by atomic mass is 16.5. The summed E-state index contributed by atoms with van der Waals surface area (Å²) in [6.45, 7) is 5.45. The molecule has 0 radical (unpaired) electrons. The van der Waals surface area contributed by atoms with Crippen LogP contribution in [0.4, 0.5) is 0 Å². The summed E-state index contributed by atoms with van der Waals surface area (Å²) >= 11 is 0. The first kappa shape index (κ1) is 24.6. The molecule has 2 unspecified atom stereocenters. The van der Waals surface area contributed by atoms with Gasteiger partial charge in [0.25, 0.3) is 0 Å². The summed E-state index contributed by atoms with van der Waals surface area (Å²) in [4.78, 5) is 41.6. The zero-order valence-corrected chi connectivity index (χ0v) is 20.2. The number of aromatic nitrogens is 1. The lowest BCUT2D eigenvalue weighted by Gasteiger charge is -2.27. The number of aliphatic imine (C=N–C) groups is 1. The number of carbonyl (C=O) groups is 3. The lowest BCUT2D eigenvalue weighted by atomic mass is 9.76. The predicted molar refractivity (Wildman–Crippen MR) is 129 cm³/mol. The number of nitrogens with zero attached hydrogens (tertiary/aromatic N) is 2. The second-order valence-corrected chi connectivity index (χ2v) is 10.2. The van der Waals surface area contributed by atoms with Crippen LogP contribution in [0.15, 0.2) is 51.2 Å². The minimum Gasteiger partial charge on any atom is -0.511 e. The number of hydrogen-bond acceptors (Lipinski definition) is 7. The number of rotatable bonds is 6. The number of aryl methyl sites for hydroxylation is 1. The highest BCUT2D eigenvalue weighted by molar-refractivity contribution is 6.25. The van der Waals surface area contributed by atoms with Crippen LogP contribution in [0.25, 0.3) is 0 Å². The quantitative estimate of drug-likeness (QED) is 0.457. The van der Waals surface area contributed by atoms with E-state index in [9.17, 15) is 24.6 Å². The maximum absolute atomic E-state index is 13.2. The van der Waals surface area contributed by atoms with Crippen molar-refractivity contribution in [2.45, 2.75) is 71.3 Å². The van der Waals surface area contributed by atoms with Crippen molar-refractivity contribution in [3.8, 4) is 0 Å². The van der Waals surface area contributed by atoms with E-state index in [0.29, 0.717) is 42.0 Å². The van der Waals surface area contributed by atoms with Crippen molar-refractivity contribution in [1.82, 2.24) is 5.16 Å². The smallest absolute Gasteiger partial charge is 0.328 e. The third kappa shape index (κ3) is 5.26. The zero-order valence-electron chi connectivity index (χ0n) is 20.2. The van der Waals surface area contributed by atoms with Crippen LogP contribution in [0.3, 0.4) is 0 Å². The second kappa shape index (κ2) is 9.60. The van der Waals surface area contributed by atoms with Gasteiger partial charge in [0.1, 0.15) is 17.6 Å². The number of carbonyl (C=O) groups excluding carboxylic acids is 2. The van der Waals surface area contributed by atoms with Crippen LogP contribution in [-0.2, 0) is 22.4 Å². The Labute approximate surface area is 203 Å². The fourth-order valence-corrected chi connectivity index (χ4v) is 4.94. The van der Waals surface area contributed by atoms with Crippen LogP contribution in [0.1, 0.15) is 79.7 Å². The number of ketones is 2. The first-order valence-electron chi connectivity index (χ1n) is 11.9. The van der Waals surface area contributed by atoms with Crippen molar-refractivity contribution < 1.29 is 29.1 Å². The van der Waals surface area contributed by atoms with E-state index in [-0.39, 0.29) is 53.5 Å². The number of benzene rings is 1. The van der Waals surface area contributed by atoms with E-state index in [4.69, 9.17) is 4.52 Å². The van der Waals surface area contributed by atoms with Crippen LogP contribution in [0, 0.1) is 5.41 Å². The number of aliphatic hydroxyl groups excluding tert-OH is 1. The lowest BCUT2D eigenvalue weighted by Crippen LogP contribution is -2.29. The monoisotopic (exact) mass is 478 g/mol. The van der Waals surface area contributed by atoms with E-state index in [0.717, 1.165) is 5.56 Å². The number of aliphatic hydroxyl groups is 1. The molecule has 2 aliphatic rings. The highest BCUT2D eigenvalue weighted by Crippen LogP contribution is 2.37. The van der Waals surface area contributed by atoms with Gasteiger partial charge in [-0.2, -0.15) is 0 Å². The standard InChI is InChI=1S/C27H30N2O6/c1-15(26(33)34)28-19-11-17(16-7-5-4-6-8-16)12-21(31)24(19)20(30)10-9-18-25-22(32)13-27(2,3)14-23(25)35-29-18/h4-8,15,17,30H,9-14H2,1-3H3,(H,33,34). The first-order valence-corrected chi connectivity index (χ1v) is 11.9. The molecule has 2 atom stereocenters. The highest BCUT2D eigenvalue weighted by Gasteiger charge is 2.37. The SMILES string of the molecule is CC(N=C1CC(c2ccccc2)CC(=O)C1=C(O)CCc1noc2c1C(=O)CC(C)(C)C2)C(=O)O. The minimum atomic E-state index is -1.11. The molecule has 0 amide bonds. The summed E-state index contributed by atoms with van der Waals surface area (Å²) in [6, 6.07) is 8.47. The number of Topliss-reactive ketones (excluding diaryl/α,β-unsaturated/α-hetero) is 2. The van der Waals surface area contributed by atoms with Crippen molar-refractivity contribution in [1.29, 1.82) is 0 Å². The molecule has 4 rings (SSSR count). The molecule has 2 aliphatic carbocycles. The summed E-state index contributed by atoms with van der Waals surface area (Å²) in [5, 5.41) is 24.4. The third-order valence-corrected chi connectivity index (χ3v) is 6.69. The Balaban J connectivity index is 1.61. The molecule has 0 saturated heterocycles. The largest absolute Gasteiger partial charge is 0.511 e. The van der Waals surface area contributed by atoms with Gasteiger partial charge in [-0.1, -0.05) is 49.3 Å². The Morgan fingerprint density at radius 3 is 2.54 bits per heavy atom. The van der Waals surface area contributed by atoms with Gasteiger partial charge in [0.15, 0.2) is 11.6 Å². The minimum absolute atomic E-state index is 0.0309. The molecular weight excluding hydrogens is 448 g/mol. The maximum Gasteiger partial charge on any atom is 0.328 e. The van der Waals surface area contributed by atoms with Crippen molar-refractivity contribution in [2.24, 2.45) is 10.4 Å². The Morgan fingerprint density at radius 1 is 1.14 bits per heavy atom. The summed E-state index contributed by atoms with van der Waals surface area (Å²) in [6.07, 6.45) is 1.82. The van der Waals surface area contributed by atoms with E-state index in [1.54, 1.807) is 0 Å². The van der Waals surface area contributed by atoms with Crippen molar-refractivity contribution >= 4 is 23.2 Å². The molecule has 35 heavy (non-hydrogen) atoms. The molecule has 1 aromatic carbocycles. The van der Waals surface area contributed by atoms with Crippen LogP contribution >= 0.6 is 0 Å². The Morgan fingerprint density at radius 2 is 1.86 bits per heavy atom. The maximum atomic E-state index is 13.2. The average molecular weight is 479 g/mol. The lowest BCUT2D eigenvalue weighted by molar-refractivity contribution is -0.138. The molecular formula is C27H30N2O6. The van der Waals surface area contributed by atoms with Gasteiger partial charge in [-0.15, -0.1) is 0 Å². The molecule has 0 aliphatic heterocycles. The van der Waals surface area contributed by atoms with E-state index in [1.807, 2.05) is 44.2 Å². The number of allylic oxidation sites excluding steroid dienone is 2. The average Bonchev–Trinajstić information content (AvgIpc) is 3.19. The molecule has 184 valence electrons. The Bertz CT molecular complexity index is 1220. The fraction of sp³-hybridized carbons (Fsp3) is 0.444. The number of carboxylic acids is 1. The molecule has 1 fully saturated rings. The number of aliphatic carboxylic acids is 1. The van der Waals surface area contributed by atoms with Gasteiger partial charge in [-0.05, 0) is 30.2 Å². The van der Waals surface area contributed by atoms with Crippen molar-refractivity contribution in [3.05, 3.63) is 64.2 Å². The summed E-state index contributed by atoms with van der Waals surface area (Å²) in [7, 11) is 0. The van der Waals surface area contributed by atoms with Gasteiger partial charge in [0.2, 0.25) is 0 Å². The van der Waals surface area contributed by atoms with Crippen LogP contribution in [0.2, 0.25) is 0 Å². The Kier molecular flexibility index (Phi) is 6.74. The summed E-state index contributed by atoms with van der Waals surface area (Å²) in [5.41, 5.74) is 2.09. The van der Waals surface area contributed by atoms with E-state index in [1.165, 1.54) is 6.92 Å². The molecule has 0 spiro atoms. The molecule has 2 aromatic rings.